The minimum Gasteiger partial charge on any atom is -0.383 e. The Morgan fingerprint density at radius 2 is 2.05 bits per heavy atom. The molecule has 0 saturated carbocycles. The van der Waals surface area contributed by atoms with Crippen molar-refractivity contribution in [1.29, 1.82) is 0 Å². The van der Waals surface area contributed by atoms with Crippen LogP contribution < -0.4 is 5.73 Å². The topological polar surface area (TPSA) is 70.3 Å². The SMILES string of the molecule is COCC(C)OCc1nc(N)c2c(C)c(C)sc2n1. The maximum atomic E-state index is 6.01. The average Bonchev–Trinajstić information content (AvgIpc) is 2.63. The van der Waals surface area contributed by atoms with Crippen molar-refractivity contribution in [3.05, 3.63) is 16.3 Å². The van der Waals surface area contributed by atoms with E-state index in [4.69, 9.17) is 15.2 Å². The number of nitrogens with zero attached hydrogens (tertiary/aromatic N) is 2. The molecule has 0 radical (unpaired) electrons. The Labute approximate surface area is 116 Å². The molecule has 0 spiro atoms. The third-order valence-corrected chi connectivity index (χ3v) is 4.10. The number of aromatic nitrogens is 2. The van der Waals surface area contributed by atoms with Gasteiger partial charge in [-0.05, 0) is 26.3 Å². The fourth-order valence-electron chi connectivity index (χ4n) is 1.89. The Hall–Kier alpha value is -1.24. The molecule has 0 aliphatic carbocycles. The smallest absolute Gasteiger partial charge is 0.158 e. The van der Waals surface area contributed by atoms with Gasteiger partial charge in [0.05, 0.1) is 18.1 Å². The minimum atomic E-state index is 0.0114. The summed E-state index contributed by atoms with van der Waals surface area (Å²) in [5, 5.41) is 0.969. The molecule has 2 rings (SSSR count). The first-order valence-electron chi connectivity index (χ1n) is 6.15. The van der Waals surface area contributed by atoms with Crippen molar-refractivity contribution in [1.82, 2.24) is 9.97 Å². The number of rotatable bonds is 5. The van der Waals surface area contributed by atoms with Crippen LogP contribution in [-0.4, -0.2) is 29.8 Å². The lowest BCUT2D eigenvalue weighted by molar-refractivity contribution is -0.00257. The zero-order chi connectivity index (χ0) is 14.0. The molecule has 2 aromatic heterocycles. The Morgan fingerprint density at radius 1 is 1.32 bits per heavy atom. The summed E-state index contributed by atoms with van der Waals surface area (Å²) in [6, 6.07) is 0. The molecule has 1 atom stereocenters. The summed E-state index contributed by atoms with van der Waals surface area (Å²) in [6.07, 6.45) is 0.0114. The molecular weight excluding hydrogens is 262 g/mol. The highest BCUT2D eigenvalue weighted by atomic mass is 32.1. The van der Waals surface area contributed by atoms with E-state index in [1.54, 1.807) is 18.4 Å². The number of fused-ring (bicyclic) bond motifs is 1. The maximum absolute atomic E-state index is 6.01. The molecule has 0 aromatic carbocycles. The number of thiophene rings is 1. The van der Waals surface area contributed by atoms with Crippen LogP contribution in [0.1, 0.15) is 23.2 Å². The third kappa shape index (κ3) is 3.02. The first-order valence-corrected chi connectivity index (χ1v) is 6.97. The molecule has 0 amide bonds. The normalized spacial score (nSPS) is 13.1. The highest BCUT2D eigenvalue weighted by molar-refractivity contribution is 7.18. The predicted molar refractivity (Wildman–Crippen MR) is 77.4 cm³/mol. The lowest BCUT2D eigenvalue weighted by Gasteiger charge is -2.11. The second-order valence-electron chi connectivity index (χ2n) is 4.57. The monoisotopic (exact) mass is 281 g/mol. The lowest BCUT2D eigenvalue weighted by Crippen LogP contribution is -2.15. The number of methoxy groups -OCH3 is 1. The van der Waals surface area contributed by atoms with Crippen LogP contribution in [0.4, 0.5) is 5.82 Å². The second kappa shape index (κ2) is 5.81. The maximum Gasteiger partial charge on any atom is 0.158 e. The molecule has 19 heavy (non-hydrogen) atoms. The van der Waals surface area contributed by atoms with Gasteiger partial charge in [0.2, 0.25) is 0 Å². The van der Waals surface area contributed by atoms with Crippen LogP contribution in [0.5, 0.6) is 0 Å². The van der Waals surface area contributed by atoms with Gasteiger partial charge in [-0.15, -0.1) is 11.3 Å². The van der Waals surface area contributed by atoms with E-state index < -0.39 is 0 Å². The van der Waals surface area contributed by atoms with E-state index in [1.807, 2.05) is 13.8 Å². The molecule has 6 heteroatoms. The standard InChI is InChI=1S/C13H19N3O2S/c1-7(5-17-4)18-6-10-15-12(14)11-8(2)9(3)19-13(11)16-10/h7H,5-6H2,1-4H3,(H2,14,15,16). The molecular formula is C13H19N3O2S. The van der Waals surface area contributed by atoms with Gasteiger partial charge in [0.1, 0.15) is 17.3 Å². The van der Waals surface area contributed by atoms with E-state index in [0.717, 1.165) is 15.8 Å². The second-order valence-corrected chi connectivity index (χ2v) is 5.77. The summed E-state index contributed by atoms with van der Waals surface area (Å²) < 4.78 is 10.6. The molecule has 1 unspecified atom stereocenters. The molecule has 0 bridgehead atoms. The summed E-state index contributed by atoms with van der Waals surface area (Å²) in [7, 11) is 1.65. The summed E-state index contributed by atoms with van der Waals surface area (Å²) >= 11 is 1.64. The summed E-state index contributed by atoms with van der Waals surface area (Å²) in [4.78, 5) is 11.0. The number of nitrogens with two attached hydrogens (primary N) is 1. The van der Waals surface area contributed by atoms with Crippen LogP contribution in [0, 0.1) is 13.8 Å². The fourth-order valence-corrected chi connectivity index (χ4v) is 2.95. The Bertz CT molecular complexity index is 583. The largest absolute Gasteiger partial charge is 0.383 e. The number of nitrogen functional groups attached to an aromatic ring is 1. The minimum absolute atomic E-state index is 0.0114. The van der Waals surface area contributed by atoms with Gasteiger partial charge < -0.3 is 15.2 Å². The summed E-state index contributed by atoms with van der Waals surface area (Å²) in [5.74, 6) is 1.15. The van der Waals surface area contributed by atoms with Gasteiger partial charge in [-0.25, -0.2) is 9.97 Å². The van der Waals surface area contributed by atoms with Gasteiger partial charge in [0.15, 0.2) is 5.82 Å². The van der Waals surface area contributed by atoms with Gasteiger partial charge in [0, 0.05) is 12.0 Å². The van der Waals surface area contributed by atoms with E-state index >= 15 is 0 Å². The molecule has 2 N–H and O–H groups in total. The number of hydrogen-bond acceptors (Lipinski definition) is 6. The number of ether oxygens (including phenoxy) is 2. The zero-order valence-corrected chi connectivity index (χ0v) is 12.5. The van der Waals surface area contributed by atoms with Crippen molar-refractivity contribution in [2.45, 2.75) is 33.5 Å². The Kier molecular flexibility index (Phi) is 4.34. The molecule has 2 heterocycles. The molecule has 0 aliphatic heterocycles. The van der Waals surface area contributed by atoms with Crippen molar-refractivity contribution in [2.24, 2.45) is 0 Å². The third-order valence-electron chi connectivity index (χ3n) is 3.00. The van der Waals surface area contributed by atoms with Crippen LogP contribution in [0.3, 0.4) is 0 Å². The van der Waals surface area contributed by atoms with Gasteiger partial charge in [-0.1, -0.05) is 0 Å². The van der Waals surface area contributed by atoms with Crippen LogP contribution in [0.25, 0.3) is 10.2 Å². The predicted octanol–water partition coefficient (Wildman–Crippen LogP) is 2.44. The van der Waals surface area contributed by atoms with Crippen molar-refractivity contribution in [3.63, 3.8) is 0 Å². The fraction of sp³-hybridized carbons (Fsp3) is 0.538. The molecule has 104 valence electrons. The number of anilines is 1. The molecule has 0 fully saturated rings. The quantitative estimate of drug-likeness (QED) is 0.911. The summed E-state index contributed by atoms with van der Waals surface area (Å²) in [5.41, 5.74) is 7.18. The van der Waals surface area contributed by atoms with Crippen molar-refractivity contribution in [3.8, 4) is 0 Å². The van der Waals surface area contributed by atoms with Gasteiger partial charge in [-0.2, -0.15) is 0 Å². The van der Waals surface area contributed by atoms with Gasteiger partial charge in [-0.3, -0.25) is 0 Å². The highest BCUT2D eigenvalue weighted by Crippen LogP contribution is 2.31. The van der Waals surface area contributed by atoms with E-state index in [-0.39, 0.29) is 6.10 Å². The molecule has 5 nitrogen and oxygen atoms in total. The number of aryl methyl sites for hydroxylation is 2. The van der Waals surface area contributed by atoms with E-state index in [1.165, 1.54) is 4.88 Å². The zero-order valence-electron chi connectivity index (χ0n) is 11.7. The van der Waals surface area contributed by atoms with E-state index in [9.17, 15) is 0 Å². The van der Waals surface area contributed by atoms with Crippen molar-refractivity contribution in [2.75, 3.05) is 19.5 Å². The van der Waals surface area contributed by atoms with Crippen LogP contribution in [0.2, 0.25) is 0 Å². The van der Waals surface area contributed by atoms with Gasteiger partial charge in [0.25, 0.3) is 0 Å². The summed E-state index contributed by atoms with van der Waals surface area (Å²) in [6.45, 7) is 6.96. The molecule has 0 saturated heterocycles. The lowest BCUT2D eigenvalue weighted by atomic mass is 10.2. The van der Waals surface area contributed by atoms with Gasteiger partial charge >= 0.3 is 0 Å². The van der Waals surface area contributed by atoms with Crippen molar-refractivity contribution < 1.29 is 9.47 Å². The number of hydrogen-bond donors (Lipinski definition) is 1. The van der Waals surface area contributed by atoms with Crippen molar-refractivity contribution >= 4 is 27.4 Å². The Balaban J connectivity index is 2.21. The molecule has 2 aromatic rings. The Morgan fingerprint density at radius 3 is 2.74 bits per heavy atom. The van der Waals surface area contributed by atoms with Crippen LogP contribution in [0.15, 0.2) is 0 Å². The van der Waals surface area contributed by atoms with E-state index in [2.05, 4.69) is 16.9 Å². The first kappa shape index (κ1) is 14.2. The first-order chi connectivity index (χ1) is 9.02. The van der Waals surface area contributed by atoms with E-state index in [0.29, 0.717) is 24.9 Å². The highest BCUT2D eigenvalue weighted by Gasteiger charge is 2.13. The van der Waals surface area contributed by atoms with Crippen LogP contribution in [-0.2, 0) is 16.1 Å². The molecule has 0 aliphatic rings. The van der Waals surface area contributed by atoms with Crippen LogP contribution >= 0.6 is 11.3 Å². The average molecular weight is 281 g/mol.